The minimum Gasteiger partial charge on any atom is -0.508 e. The first-order valence-corrected chi connectivity index (χ1v) is 10.1. The van der Waals surface area contributed by atoms with Crippen molar-refractivity contribution >= 4 is 11.8 Å². The summed E-state index contributed by atoms with van der Waals surface area (Å²) in [6, 6.07) is 7.12. The zero-order valence-electron chi connectivity index (χ0n) is 16.0. The normalized spacial score (nSPS) is 10.7. The van der Waals surface area contributed by atoms with Gasteiger partial charge in [-0.25, -0.2) is 0 Å². The molecule has 0 bridgehead atoms. The molecule has 1 N–H and O–H groups in total. The van der Waals surface area contributed by atoms with Crippen molar-refractivity contribution < 1.29 is 28.8 Å². The van der Waals surface area contributed by atoms with E-state index in [1.165, 1.54) is 0 Å². The number of hydrogen-bond acceptors (Lipinski definition) is 8. The third kappa shape index (κ3) is 15.5. The van der Waals surface area contributed by atoms with Crippen molar-refractivity contribution in [1.29, 1.82) is 0 Å². The van der Waals surface area contributed by atoms with Crippen LogP contribution in [0.2, 0.25) is 0 Å². The first-order chi connectivity index (χ1) is 13.8. The van der Waals surface area contributed by atoms with Crippen LogP contribution in [0.15, 0.2) is 34.3 Å². The smallest absolute Gasteiger partial charge is 0.115 e. The number of nitrogens with zero attached hydrogens (tertiary/aromatic N) is 3. The number of phenols is 1. The number of ether oxygens (including phenoxy) is 5. The van der Waals surface area contributed by atoms with E-state index < -0.39 is 0 Å². The summed E-state index contributed by atoms with van der Waals surface area (Å²) in [6.45, 7) is 5.49. The lowest BCUT2D eigenvalue weighted by molar-refractivity contribution is -0.00951. The van der Waals surface area contributed by atoms with Crippen LogP contribution in [0.25, 0.3) is 10.4 Å². The van der Waals surface area contributed by atoms with Crippen molar-refractivity contribution in [3.8, 4) is 5.75 Å². The topological polar surface area (TPSA) is 115 Å². The molecule has 0 saturated heterocycles. The zero-order chi connectivity index (χ0) is 20.1. The Morgan fingerprint density at radius 2 is 1.21 bits per heavy atom. The summed E-state index contributed by atoms with van der Waals surface area (Å²) in [5.74, 6) is 1.13. The zero-order valence-corrected chi connectivity index (χ0v) is 16.8. The molecule has 158 valence electrons. The van der Waals surface area contributed by atoms with Gasteiger partial charge in [-0.15, -0.1) is 11.8 Å². The molecule has 0 aromatic heterocycles. The van der Waals surface area contributed by atoms with Gasteiger partial charge in [-0.2, -0.15) is 0 Å². The van der Waals surface area contributed by atoms with Crippen LogP contribution in [-0.4, -0.2) is 83.5 Å². The summed E-state index contributed by atoms with van der Waals surface area (Å²) in [6.07, 6.45) is 0. The Balaban J connectivity index is 1.72. The van der Waals surface area contributed by atoms with Gasteiger partial charge >= 0.3 is 0 Å². The average molecular weight is 416 g/mol. The Bertz CT molecular complexity index is 529. The molecule has 0 spiro atoms. The van der Waals surface area contributed by atoms with Gasteiger partial charge in [0.05, 0.1) is 66.1 Å². The highest BCUT2D eigenvalue weighted by Crippen LogP contribution is 2.20. The number of rotatable bonds is 19. The largest absolute Gasteiger partial charge is 0.508 e. The monoisotopic (exact) mass is 415 g/mol. The number of benzene rings is 1. The molecule has 0 radical (unpaired) electrons. The van der Waals surface area contributed by atoms with E-state index in [-0.39, 0.29) is 5.75 Å². The molecule has 0 amide bonds. The number of hydrogen-bond donors (Lipinski definition) is 1. The van der Waals surface area contributed by atoms with Gasteiger partial charge < -0.3 is 28.8 Å². The summed E-state index contributed by atoms with van der Waals surface area (Å²) >= 11 is 1.68. The highest BCUT2D eigenvalue weighted by atomic mass is 32.2. The van der Waals surface area contributed by atoms with E-state index in [4.69, 9.17) is 29.2 Å². The fourth-order valence-corrected chi connectivity index (χ4v) is 2.66. The summed E-state index contributed by atoms with van der Waals surface area (Å²) in [5, 5.41) is 12.6. The van der Waals surface area contributed by atoms with Crippen LogP contribution >= 0.6 is 11.8 Å². The van der Waals surface area contributed by atoms with Crippen molar-refractivity contribution in [2.75, 3.05) is 78.4 Å². The Morgan fingerprint density at radius 1 is 0.750 bits per heavy atom. The summed E-state index contributed by atoms with van der Waals surface area (Å²) in [7, 11) is 0. The third-order valence-electron chi connectivity index (χ3n) is 3.22. The Morgan fingerprint density at radius 3 is 1.71 bits per heavy atom. The Kier molecular flexibility index (Phi) is 16.5. The van der Waals surface area contributed by atoms with E-state index in [9.17, 15) is 5.11 Å². The fourth-order valence-electron chi connectivity index (χ4n) is 1.89. The maximum atomic E-state index is 9.21. The number of phenolic OH excluding ortho intramolecular Hbond substituents is 1. The predicted octanol–water partition coefficient (Wildman–Crippen LogP) is 2.88. The second-order valence-corrected chi connectivity index (χ2v) is 6.53. The molecule has 0 aliphatic heterocycles. The van der Waals surface area contributed by atoms with Crippen molar-refractivity contribution in [3.63, 3.8) is 0 Å². The van der Waals surface area contributed by atoms with Gasteiger partial charge in [0.25, 0.3) is 0 Å². The number of thioether (sulfide) groups is 1. The lowest BCUT2D eigenvalue weighted by Gasteiger charge is -2.08. The molecule has 1 rings (SSSR count). The van der Waals surface area contributed by atoms with Crippen molar-refractivity contribution in [2.24, 2.45) is 5.11 Å². The minimum absolute atomic E-state index is 0.277. The van der Waals surface area contributed by atoms with Crippen LogP contribution < -0.4 is 0 Å². The number of azide groups is 1. The standard InChI is InChI=1S/C18H29N3O6S/c19-21-20-5-6-23-7-8-24-9-10-25-11-12-26-13-14-27-15-16-28-18-3-1-17(22)2-4-18/h1-4,22H,5-16H2. The van der Waals surface area contributed by atoms with Crippen LogP contribution in [0.3, 0.4) is 0 Å². The first kappa shape index (κ1) is 24.5. The molecule has 9 nitrogen and oxygen atoms in total. The van der Waals surface area contributed by atoms with Crippen molar-refractivity contribution in [3.05, 3.63) is 34.7 Å². The van der Waals surface area contributed by atoms with Gasteiger partial charge in [0, 0.05) is 22.1 Å². The van der Waals surface area contributed by atoms with Crippen LogP contribution in [-0.2, 0) is 23.7 Å². The lowest BCUT2D eigenvalue weighted by atomic mass is 10.3. The van der Waals surface area contributed by atoms with Crippen LogP contribution in [0.1, 0.15) is 0 Å². The second kappa shape index (κ2) is 18.8. The van der Waals surface area contributed by atoms with Gasteiger partial charge in [0.15, 0.2) is 0 Å². The van der Waals surface area contributed by atoms with Gasteiger partial charge in [0.1, 0.15) is 5.75 Å². The summed E-state index contributed by atoms with van der Waals surface area (Å²) < 4.78 is 26.8. The molecule has 0 fully saturated rings. The van der Waals surface area contributed by atoms with Crippen molar-refractivity contribution in [1.82, 2.24) is 0 Å². The summed E-state index contributed by atoms with van der Waals surface area (Å²) in [5.41, 5.74) is 8.09. The maximum absolute atomic E-state index is 9.21. The molecule has 10 heteroatoms. The highest BCUT2D eigenvalue weighted by molar-refractivity contribution is 7.99. The van der Waals surface area contributed by atoms with E-state index in [2.05, 4.69) is 10.0 Å². The molecule has 28 heavy (non-hydrogen) atoms. The quantitative estimate of drug-likeness (QED) is 0.121. The molecule has 0 saturated carbocycles. The molecule has 0 atom stereocenters. The highest BCUT2D eigenvalue weighted by Gasteiger charge is 1.96. The average Bonchev–Trinajstić information content (AvgIpc) is 2.71. The molecular weight excluding hydrogens is 386 g/mol. The van der Waals surface area contributed by atoms with Crippen molar-refractivity contribution in [2.45, 2.75) is 4.90 Å². The Hall–Kier alpha value is -1.52. The van der Waals surface area contributed by atoms with E-state index in [0.717, 1.165) is 10.6 Å². The third-order valence-corrected chi connectivity index (χ3v) is 4.20. The van der Waals surface area contributed by atoms with E-state index in [1.807, 2.05) is 12.1 Å². The maximum Gasteiger partial charge on any atom is 0.115 e. The van der Waals surface area contributed by atoms with Gasteiger partial charge in [-0.3, -0.25) is 0 Å². The number of aromatic hydroxyl groups is 1. The SMILES string of the molecule is [N-]=[N+]=NCCOCCOCCOCCOCCOCCSc1ccc(O)cc1. The van der Waals surface area contributed by atoms with Gasteiger partial charge in [-0.05, 0) is 29.8 Å². The minimum atomic E-state index is 0.277. The van der Waals surface area contributed by atoms with E-state index in [1.54, 1.807) is 23.9 Å². The molecule has 0 heterocycles. The van der Waals surface area contributed by atoms with E-state index >= 15 is 0 Å². The van der Waals surface area contributed by atoms with Crippen LogP contribution in [0.4, 0.5) is 0 Å². The van der Waals surface area contributed by atoms with Crippen LogP contribution in [0.5, 0.6) is 5.75 Å². The van der Waals surface area contributed by atoms with Gasteiger partial charge in [0.2, 0.25) is 0 Å². The molecule has 0 aliphatic rings. The second-order valence-electron chi connectivity index (χ2n) is 5.36. The van der Waals surface area contributed by atoms with E-state index in [0.29, 0.717) is 72.6 Å². The molecule has 1 aromatic rings. The lowest BCUT2D eigenvalue weighted by Crippen LogP contribution is -2.13. The Labute approximate surface area is 169 Å². The summed E-state index contributed by atoms with van der Waals surface area (Å²) in [4.78, 5) is 3.74. The molecule has 0 aliphatic carbocycles. The first-order valence-electron chi connectivity index (χ1n) is 9.14. The molecule has 1 aromatic carbocycles. The molecule has 0 unspecified atom stereocenters. The van der Waals surface area contributed by atoms with Gasteiger partial charge in [-0.1, -0.05) is 5.11 Å². The predicted molar refractivity (Wildman–Crippen MR) is 107 cm³/mol. The fraction of sp³-hybridized carbons (Fsp3) is 0.667. The van der Waals surface area contributed by atoms with Crippen LogP contribution in [0, 0.1) is 0 Å². The molecular formula is C18H29N3O6S.